The van der Waals surface area contributed by atoms with Gasteiger partial charge >= 0.3 is 12.0 Å². The molecule has 1 aromatic heterocycles. The number of hydrogen-bond acceptors (Lipinski definition) is 3. The van der Waals surface area contributed by atoms with Crippen molar-refractivity contribution >= 4 is 17.7 Å². The zero-order valence-corrected chi connectivity index (χ0v) is 11.7. The van der Waals surface area contributed by atoms with Crippen LogP contribution in [0.15, 0.2) is 41.0 Å². The average Bonchev–Trinajstić information content (AvgIpc) is 2.94. The van der Waals surface area contributed by atoms with Gasteiger partial charge in [-0.05, 0) is 43.7 Å². The Labute approximate surface area is 121 Å². The maximum atomic E-state index is 11.9. The lowest BCUT2D eigenvalue weighted by molar-refractivity contribution is 0.0696. The first kappa shape index (κ1) is 14.6. The molecular weight excluding hydrogens is 272 g/mol. The number of carbonyl (C=O) groups excluding carboxylic acids is 1. The van der Waals surface area contributed by atoms with Crippen molar-refractivity contribution in [2.24, 2.45) is 0 Å². The van der Waals surface area contributed by atoms with Crippen LogP contribution in [0.3, 0.4) is 0 Å². The largest absolute Gasteiger partial charge is 0.478 e. The first-order valence-electron chi connectivity index (χ1n) is 6.43. The first-order valence-corrected chi connectivity index (χ1v) is 6.43. The second kappa shape index (κ2) is 6.13. The summed E-state index contributed by atoms with van der Waals surface area (Å²) in [7, 11) is 0. The lowest BCUT2D eigenvalue weighted by atomic mass is 10.1. The fourth-order valence-electron chi connectivity index (χ4n) is 1.97. The highest BCUT2D eigenvalue weighted by molar-refractivity contribution is 5.95. The molecule has 0 aliphatic heterocycles. The number of carboxylic acids is 1. The zero-order valence-electron chi connectivity index (χ0n) is 11.7. The van der Waals surface area contributed by atoms with Gasteiger partial charge in [0, 0.05) is 5.69 Å². The monoisotopic (exact) mass is 288 g/mol. The van der Waals surface area contributed by atoms with E-state index in [1.54, 1.807) is 38.1 Å². The van der Waals surface area contributed by atoms with Gasteiger partial charge in [0.1, 0.15) is 5.76 Å². The van der Waals surface area contributed by atoms with E-state index < -0.39 is 12.0 Å². The van der Waals surface area contributed by atoms with E-state index in [4.69, 9.17) is 9.52 Å². The molecule has 0 radical (unpaired) electrons. The molecule has 1 unspecified atom stereocenters. The van der Waals surface area contributed by atoms with E-state index in [-0.39, 0.29) is 11.6 Å². The van der Waals surface area contributed by atoms with Crippen LogP contribution in [0.4, 0.5) is 10.5 Å². The third-order valence-corrected chi connectivity index (χ3v) is 3.13. The molecule has 3 N–H and O–H groups in total. The van der Waals surface area contributed by atoms with Gasteiger partial charge < -0.3 is 20.2 Å². The molecule has 0 saturated carbocycles. The van der Waals surface area contributed by atoms with E-state index in [9.17, 15) is 9.59 Å². The van der Waals surface area contributed by atoms with Crippen molar-refractivity contribution in [2.75, 3.05) is 5.32 Å². The molecule has 2 amide bonds. The molecule has 0 aliphatic carbocycles. The van der Waals surface area contributed by atoms with Crippen LogP contribution in [0.25, 0.3) is 0 Å². The van der Waals surface area contributed by atoms with E-state index in [1.807, 2.05) is 0 Å². The Morgan fingerprint density at radius 1 is 1.24 bits per heavy atom. The van der Waals surface area contributed by atoms with Crippen molar-refractivity contribution in [3.05, 3.63) is 53.5 Å². The number of anilines is 1. The van der Waals surface area contributed by atoms with Crippen LogP contribution in [0.1, 0.15) is 34.6 Å². The van der Waals surface area contributed by atoms with Crippen LogP contribution in [-0.2, 0) is 0 Å². The number of carboxylic acid groups (broad SMARTS) is 1. The maximum Gasteiger partial charge on any atom is 0.336 e. The minimum absolute atomic E-state index is 0.159. The van der Waals surface area contributed by atoms with E-state index >= 15 is 0 Å². The smallest absolute Gasteiger partial charge is 0.336 e. The van der Waals surface area contributed by atoms with Gasteiger partial charge in [-0.2, -0.15) is 0 Å². The van der Waals surface area contributed by atoms with Crippen LogP contribution < -0.4 is 10.6 Å². The minimum atomic E-state index is -1.03. The summed E-state index contributed by atoms with van der Waals surface area (Å²) in [5, 5.41) is 14.4. The third-order valence-electron chi connectivity index (χ3n) is 3.13. The highest BCUT2D eigenvalue weighted by Gasteiger charge is 2.14. The van der Waals surface area contributed by atoms with Crippen LogP contribution in [0, 0.1) is 6.92 Å². The van der Waals surface area contributed by atoms with Gasteiger partial charge in [-0.3, -0.25) is 0 Å². The number of benzene rings is 1. The molecule has 110 valence electrons. The summed E-state index contributed by atoms with van der Waals surface area (Å²) in [4.78, 5) is 23.0. The Morgan fingerprint density at radius 3 is 2.62 bits per heavy atom. The van der Waals surface area contributed by atoms with E-state index in [1.165, 1.54) is 12.3 Å². The van der Waals surface area contributed by atoms with E-state index in [0.717, 1.165) is 0 Å². The molecule has 0 spiro atoms. The van der Waals surface area contributed by atoms with Gasteiger partial charge in [-0.15, -0.1) is 0 Å². The molecule has 0 fully saturated rings. The summed E-state index contributed by atoms with van der Waals surface area (Å²) >= 11 is 0. The van der Waals surface area contributed by atoms with Gasteiger partial charge in [0.05, 0.1) is 17.9 Å². The summed E-state index contributed by atoms with van der Waals surface area (Å²) in [5.41, 5.74) is 1.12. The standard InChI is InChI=1S/C15H16N2O4/c1-9-11(14(18)19)5-3-6-12(9)17-15(20)16-10(2)13-7-4-8-21-13/h3-8,10H,1-2H3,(H,18,19)(H2,16,17,20). The average molecular weight is 288 g/mol. The number of hydrogen-bond donors (Lipinski definition) is 3. The maximum absolute atomic E-state index is 11.9. The molecule has 6 nitrogen and oxygen atoms in total. The Balaban J connectivity index is 2.06. The highest BCUT2D eigenvalue weighted by Crippen LogP contribution is 2.19. The third kappa shape index (κ3) is 3.42. The van der Waals surface area contributed by atoms with Gasteiger partial charge in [-0.25, -0.2) is 9.59 Å². The summed E-state index contributed by atoms with van der Waals surface area (Å²) < 4.78 is 5.20. The van der Waals surface area contributed by atoms with Crippen LogP contribution in [0.5, 0.6) is 0 Å². The molecule has 0 aliphatic rings. The van der Waals surface area contributed by atoms with Gasteiger partial charge in [0.2, 0.25) is 0 Å². The second-order valence-electron chi connectivity index (χ2n) is 4.62. The predicted octanol–water partition coefficient (Wildman–Crippen LogP) is 3.17. The van der Waals surface area contributed by atoms with Gasteiger partial charge in [-0.1, -0.05) is 6.07 Å². The Morgan fingerprint density at radius 2 is 2.00 bits per heavy atom. The topological polar surface area (TPSA) is 91.6 Å². The molecule has 1 heterocycles. The normalized spacial score (nSPS) is 11.7. The first-order chi connectivity index (χ1) is 9.99. The fourth-order valence-corrected chi connectivity index (χ4v) is 1.97. The number of furan rings is 1. The number of nitrogens with one attached hydrogen (secondary N) is 2. The number of urea groups is 1. The number of amides is 2. The molecule has 6 heteroatoms. The van der Waals surface area contributed by atoms with E-state index in [2.05, 4.69) is 10.6 Å². The molecule has 21 heavy (non-hydrogen) atoms. The number of carbonyl (C=O) groups is 2. The van der Waals surface area contributed by atoms with Gasteiger partial charge in [0.15, 0.2) is 0 Å². The lowest BCUT2D eigenvalue weighted by Crippen LogP contribution is -2.31. The molecule has 1 aromatic carbocycles. The molecule has 0 saturated heterocycles. The van der Waals surface area contributed by atoms with Gasteiger partial charge in [0.25, 0.3) is 0 Å². The SMILES string of the molecule is Cc1c(NC(=O)NC(C)c2ccco2)cccc1C(=O)O. The Kier molecular flexibility index (Phi) is 4.27. The molecule has 2 rings (SSSR count). The van der Waals surface area contributed by atoms with Crippen molar-refractivity contribution in [1.82, 2.24) is 5.32 Å². The van der Waals surface area contributed by atoms with E-state index in [0.29, 0.717) is 17.0 Å². The Bertz CT molecular complexity index is 650. The van der Waals surface area contributed by atoms with Crippen molar-refractivity contribution in [2.45, 2.75) is 19.9 Å². The molecular formula is C15H16N2O4. The Hall–Kier alpha value is -2.76. The van der Waals surface area contributed by atoms with Crippen molar-refractivity contribution in [3.63, 3.8) is 0 Å². The molecule has 1 atom stereocenters. The quantitative estimate of drug-likeness (QED) is 0.805. The minimum Gasteiger partial charge on any atom is -0.478 e. The second-order valence-corrected chi connectivity index (χ2v) is 4.62. The summed E-state index contributed by atoms with van der Waals surface area (Å²) in [6.45, 7) is 3.44. The number of rotatable bonds is 4. The summed E-state index contributed by atoms with van der Waals surface area (Å²) in [6, 6.07) is 7.52. The highest BCUT2D eigenvalue weighted by atomic mass is 16.4. The lowest BCUT2D eigenvalue weighted by Gasteiger charge is -2.14. The van der Waals surface area contributed by atoms with Crippen LogP contribution in [0.2, 0.25) is 0 Å². The zero-order chi connectivity index (χ0) is 15.4. The molecule has 0 bridgehead atoms. The van der Waals surface area contributed by atoms with Crippen molar-refractivity contribution < 1.29 is 19.1 Å². The summed E-state index contributed by atoms with van der Waals surface area (Å²) in [5.74, 6) is -0.387. The van der Waals surface area contributed by atoms with Crippen molar-refractivity contribution in [1.29, 1.82) is 0 Å². The van der Waals surface area contributed by atoms with Crippen LogP contribution >= 0.6 is 0 Å². The summed E-state index contributed by atoms with van der Waals surface area (Å²) in [6.07, 6.45) is 1.53. The number of aromatic carboxylic acids is 1. The fraction of sp³-hybridized carbons (Fsp3) is 0.200. The van der Waals surface area contributed by atoms with Crippen LogP contribution in [-0.4, -0.2) is 17.1 Å². The molecule has 2 aromatic rings. The van der Waals surface area contributed by atoms with Crippen molar-refractivity contribution in [3.8, 4) is 0 Å². The predicted molar refractivity (Wildman–Crippen MR) is 77.4 cm³/mol.